The maximum absolute atomic E-state index is 12.4. The molecule has 6 nitrogen and oxygen atoms in total. The van der Waals surface area contributed by atoms with Gasteiger partial charge in [0.1, 0.15) is 4.21 Å². The molecular weight excluding hydrogens is 334 g/mol. The Hall–Kier alpha value is -1.22. The first kappa shape index (κ1) is 18.1. The van der Waals surface area contributed by atoms with Crippen LogP contribution in [0.5, 0.6) is 0 Å². The van der Waals surface area contributed by atoms with Crippen LogP contribution < -0.4 is 4.72 Å². The van der Waals surface area contributed by atoms with Gasteiger partial charge in [-0.2, -0.15) is 0 Å². The first-order valence-corrected chi connectivity index (χ1v) is 9.99. The molecule has 2 heterocycles. The summed E-state index contributed by atoms with van der Waals surface area (Å²) in [7, 11) is -3.49. The van der Waals surface area contributed by atoms with Crippen LogP contribution in [0.1, 0.15) is 25.1 Å². The van der Waals surface area contributed by atoms with E-state index in [0.29, 0.717) is 23.1 Å². The van der Waals surface area contributed by atoms with Gasteiger partial charge in [-0.25, -0.2) is 13.1 Å². The van der Waals surface area contributed by atoms with Gasteiger partial charge in [-0.05, 0) is 33.0 Å². The normalized spacial score (nSPS) is 12.2. The first-order chi connectivity index (χ1) is 10.9. The van der Waals surface area contributed by atoms with Gasteiger partial charge in [-0.15, -0.1) is 11.3 Å². The Morgan fingerprint density at radius 1 is 1.30 bits per heavy atom. The van der Waals surface area contributed by atoms with Gasteiger partial charge >= 0.3 is 0 Å². The second-order valence-corrected chi connectivity index (χ2v) is 8.21. The third-order valence-electron chi connectivity index (χ3n) is 3.87. The number of nitrogens with zero attached hydrogens (tertiary/aromatic N) is 2. The largest absolute Gasteiger partial charge is 0.356 e. The molecule has 0 saturated heterocycles. The zero-order chi connectivity index (χ0) is 17.0. The maximum atomic E-state index is 12.4. The third-order valence-corrected chi connectivity index (χ3v) is 6.77. The number of sulfonamides is 1. The lowest BCUT2D eigenvalue weighted by atomic mass is 10.1. The Balaban J connectivity index is 2.08. The van der Waals surface area contributed by atoms with Crippen LogP contribution in [0.2, 0.25) is 0 Å². The average molecular weight is 358 g/mol. The topological polar surface area (TPSA) is 75.4 Å². The van der Waals surface area contributed by atoms with Crippen LogP contribution in [-0.4, -0.2) is 44.7 Å². The minimum absolute atomic E-state index is 0.292. The summed E-state index contributed by atoms with van der Waals surface area (Å²) in [5.74, 6) is 0.628. The van der Waals surface area contributed by atoms with Crippen LogP contribution >= 0.6 is 11.3 Å². The fourth-order valence-electron chi connectivity index (χ4n) is 2.21. The number of aryl methyl sites for hydroxylation is 1. The van der Waals surface area contributed by atoms with Gasteiger partial charge in [0.25, 0.3) is 0 Å². The van der Waals surface area contributed by atoms with Crippen LogP contribution in [0.25, 0.3) is 11.3 Å². The molecule has 0 fully saturated rings. The number of thiophene rings is 1. The van der Waals surface area contributed by atoms with Gasteiger partial charge in [0.2, 0.25) is 10.0 Å². The standard InChI is InChI=1S/C15H23N3O3S2/c1-5-18(6-2)8-7-16-23(19,20)14-9-13(10-22-14)15-11(3)12(4)17-21-15/h9-10,16H,5-8H2,1-4H3. The van der Waals surface area contributed by atoms with E-state index in [1.165, 1.54) is 11.3 Å². The maximum Gasteiger partial charge on any atom is 0.250 e. The van der Waals surface area contributed by atoms with E-state index in [9.17, 15) is 8.42 Å². The first-order valence-electron chi connectivity index (χ1n) is 7.62. The molecule has 0 bridgehead atoms. The molecule has 0 aliphatic carbocycles. The molecule has 128 valence electrons. The highest BCUT2D eigenvalue weighted by molar-refractivity contribution is 7.91. The van der Waals surface area contributed by atoms with Gasteiger partial charge in [0, 0.05) is 29.6 Å². The minimum atomic E-state index is -3.49. The lowest BCUT2D eigenvalue weighted by molar-refractivity contribution is 0.309. The number of hydrogen-bond acceptors (Lipinski definition) is 6. The van der Waals surface area contributed by atoms with Crippen molar-refractivity contribution in [3.8, 4) is 11.3 Å². The molecule has 0 aromatic carbocycles. The molecule has 0 aliphatic heterocycles. The fraction of sp³-hybridized carbons (Fsp3) is 0.533. The van der Waals surface area contributed by atoms with Crippen molar-refractivity contribution in [3.63, 3.8) is 0 Å². The second-order valence-electron chi connectivity index (χ2n) is 5.30. The quantitative estimate of drug-likeness (QED) is 0.786. The monoisotopic (exact) mass is 357 g/mol. The SMILES string of the molecule is CCN(CC)CCNS(=O)(=O)c1cc(-c2onc(C)c2C)cs1. The molecule has 0 saturated carbocycles. The van der Waals surface area contributed by atoms with Gasteiger partial charge in [-0.1, -0.05) is 19.0 Å². The summed E-state index contributed by atoms with van der Waals surface area (Å²) >= 11 is 1.19. The van der Waals surface area contributed by atoms with E-state index in [1.807, 2.05) is 13.8 Å². The Labute approximate surface area is 141 Å². The van der Waals surface area contributed by atoms with Crippen molar-refractivity contribution in [2.45, 2.75) is 31.9 Å². The van der Waals surface area contributed by atoms with Crippen molar-refractivity contribution < 1.29 is 12.9 Å². The Morgan fingerprint density at radius 2 is 2.00 bits per heavy atom. The second kappa shape index (κ2) is 7.57. The zero-order valence-electron chi connectivity index (χ0n) is 13.9. The lowest BCUT2D eigenvalue weighted by Gasteiger charge is -2.17. The van der Waals surface area contributed by atoms with E-state index in [4.69, 9.17) is 4.52 Å². The van der Waals surface area contributed by atoms with E-state index < -0.39 is 10.0 Å². The predicted octanol–water partition coefficient (Wildman–Crippen LogP) is 2.64. The Morgan fingerprint density at radius 3 is 2.57 bits per heavy atom. The highest BCUT2D eigenvalue weighted by atomic mass is 32.2. The van der Waals surface area contributed by atoms with E-state index in [-0.39, 0.29) is 0 Å². The third kappa shape index (κ3) is 4.20. The molecule has 0 spiro atoms. The van der Waals surface area contributed by atoms with E-state index >= 15 is 0 Å². The summed E-state index contributed by atoms with van der Waals surface area (Å²) in [5, 5.41) is 5.69. The minimum Gasteiger partial charge on any atom is -0.356 e. The summed E-state index contributed by atoms with van der Waals surface area (Å²) in [4.78, 5) is 2.17. The van der Waals surface area contributed by atoms with Crippen LogP contribution in [0.3, 0.4) is 0 Å². The fourth-order valence-corrected chi connectivity index (χ4v) is 4.44. The molecular formula is C15H23N3O3S2. The van der Waals surface area contributed by atoms with Crippen molar-refractivity contribution in [1.82, 2.24) is 14.8 Å². The zero-order valence-corrected chi connectivity index (χ0v) is 15.6. The van der Waals surface area contributed by atoms with E-state index in [2.05, 4.69) is 28.6 Å². The Kier molecular flexibility index (Phi) is 5.96. The van der Waals surface area contributed by atoms with Crippen LogP contribution in [0.4, 0.5) is 0 Å². The number of hydrogen-bond donors (Lipinski definition) is 1. The molecule has 2 aromatic heterocycles. The molecule has 2 rings (SSSR count). The summed E-state index contributed by atoms with van der Waals surface area (Å²) < 4.78 is 32.9. The molecule has 0 aliphatic rings. The summed E-state index contributed by atoms with van der Waals surface area (Å²) in [5.41, 5.74) is 2.49. The highest BCUT2D eigenvalue weighted by Crippen LogP contribution is 2.31. The van der Waals surface area contributed by atoms with Gasteiger partial charge in [0.15, 0.2) is 5.76 Å². The van der Waals surface area contributed by atoms with Crippen molar-refractivity contribution in [2.24, 2.45) is 0 Å². The van der Waals surface area contributed by atoms with E-state index in [0.717, 1.165) is 29.9 Å². The molecule has 0 atom stereocenters. The number of likely N-dealkylation sites (N-methyl/N-ethyl adjacent to an activating group) is 1. The lowest BCUT2D eigenvalue weighted by Crippen LogP contribution is -2.34. The molecule has 0 radical (unpaired) electrons. The van der Waals surface area contributed by atoms with Crippen molar-refractivity contribution in [3.05, 3.63) is 22.7 Å². The van der Waals surface area contributed by atoms with E-state index in [1.54, 1.807) is 11.4 Å². The van der Waals surface area contributed by atoms with Crippen molar-refractivity contribution in [2.75, 3.05) is 26.2 Å². The summed E-state index contributed by atoms with van der Waals surface area (Å²) in [6.07, 6.45) is 0. The Bertz CT molecular complexity index is 746. The summed E-state index contributed by atoms with van der Waals surface area (Å²) in [6, 6.07) is 1.64. The number of rotatable bonds is 8. The molecule has 1 N–H and O–H groups in total. The van der Waals surface area contributed by atoms with Gasteiger partial charge in [0.05, 0.1) is 5.69 Å². The van der Waals surface area contributed by atoms with Gasteiger partial charge in [-0.3, -0.25) is 0 Å². The highest BCUT2D eigenvalue weighted by Gasteiger charge is 2.20. The van der Waals surface area contributed by atoms with Gasteiger partial charge < -0.3 is 9.42 Å². The van der Waals surface area contributed by atoms with Crippen LogP contribution in [-0.2, 0) is 10.0 Å². The van der Waals surface area contributed by atoms with Crippen LogP contribution in [0, 0.1) is 13.8 Å². The smallest absolute Gasteiger partial charge is 0.250 e. The number of nitrogens with one attached hydrogen (secondary N) is 1. The molecule has 0 amide bonds. The molecule has 8 heteroatoms. The molecule has 2 aromatic rings. The van der Waals surface area contributed by atoms with Crippen LogP contribution in [0.15, 0.2) is 20.2 Å². The average Bonchev–Trinajstić information content (AvgIpc) is 3.12. The molecule has 23 heavy (non-hydrogen) atoms. The van der Waals surface area contributed by atoms with Crippen molar-refractivity contribution in [1.29, 1.82) is 0 Å². The predicted molar refractivity (Wildman–Crippen MR) is 92.3 cm³/mol. The summed E-state index contributed by atoms with van der Waals surface area (Å²) in [6.45, 7) is 10.8. The van der Waals surface area contributed by atoms with Crippen molar-refractivity contribution >= 4 is 21.4 Å². The molecule has 0 unspecified atom stereocenters. The number of aromatic nitrogens is 1.